The van der Waals surface area contributed by atoms with E-state index in [2.05, 4.69) is 33.0 Å². The minimum atomic E-state index is -3.03. The largest absolute Gasteiger partial charge is 0.314 e. The molecule has 0 bridgehead atoms. The van der Waals surface area contributed by atoms with Gasteiger partial charge in [-0.1, -0.05) is 27.7 Å². The van der Waals surface area contributed by atoms with Gasteiger partial charge in [-0.05, 0) is 24.8 Å². The molecule has 17 heavy (non-hydrogen) atoms. The highest BCUT2D eigenvalue weighted by atomic mass is 32.2. The van der Waals surface area contributed by atoms with Crippen LogP contribution in [-0.2, 0) is 10.0 Å². The van der Waals surface area contributed by atoms with Crippen LogP contribution < -0.4 is 5.32 Å². The number of hydrogen-bond donors (Lipinski definition) is 1. The molecule has 1 rings (SSSR count). The third kappa shape index (κ3) is 4.56. The molecule has 0 aromatic carbocycles. The molecule has 0 spiro atoms. The Hall–Kier alpha value is -0.130. The highest BCUT2D eigenvalue weighted by molar-refractivity contribution is 7.89. The summed E-state index contributed by atoms with van der Waals surface area (Å²) in [6, 6.07) is 0.421. The van der Waals surface area contributed by atoms with Crippen molar-refractivity contribution in [3.63, 3.8) is 0 Å². The van der Waals surface area contributed by atoms with E-state index in [1.54, 1.807) is 4.31 Å². The van der Waals surface area contributed by atoms with E-state index in [1.165, 1.54) is 0 Å². The average Bonchev–Trinajstić information content (AvgIpc) is 2.55. The first kappa shape index (κ1) is 14.9. The fourth-order valence-corrected chi connectivity index (χ4v) is 3.77. The molecule has 5 heteroatoms. The SMILES string of the molecule is CC(C)NCCCS(=O)(=O)N1CC(C)C(C)C1. The van der Waals surface area contributed by atoms with Gasteiger partial charge < -0.3 is 5.32 Å². The lowest BCUT2D eigenvalue weighted by atomic mass is 10.0. The van der Waals surface area contributed by atoms with Crippen molar-refractivity contribution in [2.24, 2.45) is 11.8 Å². The number of rotatable bonds is 6. The van der Waals surface area contributed by atoms with Crippen LogP contribution in [0.3, 0.4) is 0 Å². The van der Waals surface area contributed by atoms with Crippen molar-refractivity contribution in [1.82, 2.24) is 9.62 Å². The number of nitrogens with one attached hydrogen (secondary N) is 1. The lowest BCUT2D eigenvalue weighted by molar-refractivity contribution is 0.460. The zero-order chi connectivity index (χ0) is 13.1. The van der Waals surface area contributed by atoms with Crippen LogP contribution in [0.4, 0.5) is 0 Å². The summed E-state index contributed by atoms with van der Waals surface area (Å²) in [7, 11) is -3.03. The summed E-state index contributed by atoms with van der Waals surface area (Å²) in [6.45, 7) is 10.6. The lowest BCUT2D eigenvalue weighted by Crippen LogP contribution is -2.33. The number of hydrogen-bond acceptors (Lipinski definition) is 3. The van der Waals surface area contributed by atoms with Crippen molar-refractivity contribution in [2.45, 2.75) is 40.2 Å². The second-order valence-corrected chi connectivity index (χ2v) is 7.64. The third-order valence-corrected chi connectivity index (χ3v) is 5.37. The van der Waals surface area contributed by atoms with E-state index in [-0.39, 0.29) is 5.75 Å². The minimum Gasteiger partial charge on any atom is -0.314 e. The first-order valence-corrected chi connectivity index (χ1v) is 8.15. The highest BCUT2D eigenvalue weighted by Gasteiger charge is 2.33. The number of sulfonamides is 1. The summed E-state index contributed by atoms with van der Waals surface area (Å²) in [5.41, 5.74) is 0. The van der Waals surface area contributed by atoms with Gasteiger partial charge in [0, 0.05) is 19.1 Å². The predicted octanol–water partition coefficient (Wildman–Crippen LogP) is 1.29. The Balaban J connectivity index is 2.36. The Morgan fingerprint density at radius 2 is 1.76 bits per heavy atom. The van der Waals surface area contributed by atoms with E-state index < -0.39 is 10.0 Å². The van der Waals surface area contributed by atoms with Gasteiger partial charge in [0.15, 0.2) is 0 Å². The van der Waals surface area contributed by atoms with Crippen molar-refractivity contribution in [1.29, 1.82) is 0 Å². The molecule has 2 atom stereocenters. The second-order valence-electron chi connectivity index (χ2n) is 5.55. The van der Waals surface area contributed by atoms with Gasteiger partial charge in [0.25, 0.3) is 0 Å². The Morgan fingerprint density at radius 1 is 1.24 bits per heavy atom. The van der Waals surface area contributed by atoms with Crippen LogP contribution in [0, 0.1) is 11.8 Å². The predicted molar refractivity (Wildman–Crippen MR) is 71.4 cm³/mol. The second kappa shape index (κ2) is 6.16. The molecule has 1 saturated heterocycles. The van der Waals surface area contributed by atoms with E-state index in [0.29, 0.717) is 37.4 Å². The zero-order valence-electron chi connectivity index (χ0n) is 11.4. The van der Waals surface area contributed by atoms with Crippen LogP contribution in [0.5, 0.6) is 0 Å². The summed E-state index contributed by atoms with van der Waals surface area (Å²) in [4.78, 5) is 0. The zero-order valence-corrected chi connectivity index (χ0v) is 12.3. The van der Waals surface area contributed by atoms with Crippen LogP contribution in [-0.4, -0.2) is 44.2 Å². The summed E-state index contributed by atoms with van der Waals surface area (Å²) < 4.78 is 25.8. The van der Waals surface area contributed by atoms with Crippen molar-refractivity contribution < 1.29 is 8.42 Å². The summed E-state index contributed by atoms with van der Waals surface area (Å²) in [5, 5.41) is 3.24. The quantitative estimate of drug-likeness (QED) is 0.734. The van der Waals surface area contributed by atoms with Crippen LogP contribution in [0.2, 0.25) is 0 Å². The molecule has 102 valence electrons. The summed E-state index contributed by atoms with van der Waals surface area (Å²) >= 11 is 0. The van der Waals surface area contributed by atoms with Crippen LogP contribution in [0.15, 0.2) is 0 Å². The van der Waals surface area contributed by atoms with Crippen LogP contribution in [0.25, 0.3) is 0 Å². The standard InChI is InChI=1S/C12H26N2O2S/c1-10(2)13-6-5-7-17(15,16)14-8-11(3)12(4)9-14/h10-13H,5-9H2,1-4H3. The fraction of sp³-hybridized carbons (Fsp3) is 1.00. The molecule has 1 aliphatic heterocycles. The average molecular weight is 262 g/mol. The minimum absolute atomic E-state index is 0.270. The normalized spacial score (nSPS) is 26.9. The molecule has 0 aromatic heterocycles. The molecule has 0 aromatic rings. The van der Waals surface area contributed by atoms with E-state index in [1.807, 2.05) is 0 Å². The van der Waals surface area contributed by atoms with Gasteiger partial charge in [-0.25, -0.2) is 12.7 Å². The number of nitrogens with zero attached hydrogens (tertiary/aromatic N) is 1. The molecule has 0 saturated carbocycles. The molecule has 0 amide bonds. The van der Waals surface area contributed by atoms with Crippen LogP contribution in [0.1, 0.15) is 34.1 Å². The van der Waals surface area contributed by atoms with E-state index in [0.717, 1.165) is 6.54 Å². The smallest absolute Gasteiger partial charge is 0.214 e. The first-order valence-electron chi connectivity index (χ1n) is 6.54. The molecular weight excluding hydrogens is 236 g/mol. The van der Waals surface area contributed by atoms with E-state index in [4.69, 9.17) is 0 Å². The van der Waals surface area contributed by atoms with Gasteiger partial charge in [0.2, 0.25) is 10.0 Å². The molecule has 2 unspecified atom stereocenters. The van der Waals surface area contributed by atoms with Gasteiger partial charge >= 0.3 is 0 Å². The van der Waals surface area contributed by atoms with Gasteiger partial charge in [0.05, 0.1) is 5.75 Å². The molecule has 1 aliphatic rings. The molecule has 0 aliphatic carbocycles. The molecule has 4 nitrogen and oxygen atoms in total. The summed E-state index contributed by atoms with van der Waals surface area (Å²) in [5.74, 6) is 1.24. The Kier molecular flexibility index (Phi) is 5.41. The Morgan fingerprint density at radius 3 is 2.24 bits per heavy atom. The topological polar surface area (TPSA) is 49.4 Å². The maximum Gasteiger partial charge on any atom is 0.214 e. The maximum absolute atomic E-state index is 12.1. The van der Waals surface area contributed by atoms with Crippen molar-refractivity contribution in [2.75, 3.05) is 25.4 Å². The van der Waals surface area contributed by atoms with Crippen molar-refractivity contribution in [3.8, 4) is 0 Å². The van der Waals surface area contributed by atoms with Gasteiger partial charge in [-0.15, -0.1) is 0 Å². The third-order valence-electron chi connectivity index (χ3n) is 3.48. The fourth-order valence-electron chi connectivity index (χ4n) is 2.08. The van der Waals surface area contributed by atoms with Gasteiger partial charge in [0.1, 0.15) is 0 Å². The van der Waals surface area contributed by atoms with Gasteiger partial charge in [-0.2, -0.15) is 0 Å². The van der Waals surface area contributed by atoms with Crippen LogP contribution >= 0.6 is 0 Å². The molecule has 1 N–H and O–H groups in total. The monoisotopic (exact) mass is 262 g/mol. The molecular formula is C12H26N2O2S. The molecule has 0 radical (unpaired) electrons. The maximum atomic E-state index is 12.1. The Bertz CT molecular complexity index is 317. The van der Waals surface area contributed by atoms with E-state index >= 15 is 0 Å². The van der Waals surface area contributed by atoms with Crippen molar-refractivity contribution >= 4 is 10.0 Å². The summed E-state index contributed by atoms with van der Waals surface area (Å²) in [6.07, 6.45) is 0.694. The molecule has 1 fully saturated rings. The molecule has 1 heterocycles. The Labute approximate surface area is 106 Å². The van der Waals surface area contributed by atoms with Gasteiger partial charge in [-0.3, -0.25) is 0 Å². The van der Waals surface area contributed by atoms with E-state index in [9.17, 15) is 8.42 Å². The highest BCUT2D eigenvalue weighted by Crippen LogP contribution is 2.24. The van der Waals surface area contributed by atoms with Crippen molar-refractivity contribution in [3.05, 3.63) is 0 Å². The lowest BCUT2D eigenvalue weighted by Gasteiger charge is -2.16. The first-order chi connectivity index (χ1) is 7.83.